The molecule has 0 saturated heterocycles. The number of halogens is 7. The fraction of sp³-hybridized carbons (Fsp3) is 1.00. The van der Waals surface area contributed by atoms with Gasteiger partial charge in [-0.2, -0.15) is 0 Å². The van der Waals surface area contributed by atoms with Gasteiger partial charge in [0.25, 0.3) is 14.5 Å². The highest BCUT2D eigenvalue weighted by Gasteiger charge is 2.55. The van der Waals surface area contributed by atoms with Gasteiger partial charge in [-0.25, -0.2) is 17.6 Å². The molecule has 0 fully saturated rings. The monoisotopic (exact) mass is 350 g/mol. The summed E-state index contributed by atoms with van der Waals surface area (Å²) in [5, 5.41) is 0. The van der Waals surface area contributed by atoms with E-state index in [2.05, 4.69) is 0 Å². The lowest BCUT2D eigenvalue weighted by atomic mass is 10.4. The Morgan fingerprint density at radius 1 is 1.00 bits per heavy atom. The van der Waals surface area contributed by atoms with Crippen LogP contribution in [0.15, 0.2) is 0 Å². The third kappa shape index (κ3) is 2.34. The van der Waals surface area contributed by atoms with Crippen LogP contribution >= 0.6 is 47.8 Å². The van der Waals surface area contributed by atoms with E-state index in [1.807, 2.05) is 47.8 Å². The summed E-state index contributed by atoms with van der Waals surface area (Å²) in [6, 6.07) is 0. The Morgan fingerprint density at radius 3 is 1.30 bits per heavy atom. The highest BCUT2D eigenvalue weighted by atomic mass is 79.9. The van der Waals surface area contributed by atoms with E-state index in [0.29, 0.717) is 0 Å². The molecule has 1 atom stereocenters. The first-order valence-corrected chi connectivity index (χ1v) is 4.30. The molecule has 1 unspecified atom stereocenters. The summed E-state index contributed by atoms with van der Waals surface area (Å²) in [5.41, 5.74) is 0. The van der Waals surface area contributed by atoms with Crippen LogP contribution in [0.25, 0.3) is 0 Å². The molecule has 0 amide bonds. The lowest BCUT2D eigenvalue weighted by molar-refractivity contribution is 0.00337. The van der Waals surface area contributed by atoms with E-state index < -0.39 is 14.5 Å². The minimum absolute atomic E-state index is 1.88. The van der Waals surface area contributed by atoms with Crippen molar-refractivity contribution in [2.24, 2.45) is 0 Å². The fourth-order valence-corrected chi connectivity index (χ4v) is 0.470. The van der Waals surface area contributed by atoms with Gasteiger partial charge < -0.3 is 0 Å². The zero-order valence-corrected chi connectivity index (χ0v) is 8.98. The first kappa shape index (κ1) is 11.2. The minimum Gasteiger partial charge on any atom is -0.219 e. The van der Waals surface area contributed by atoms with Crippen molar-refractivity contribution in [3.05, 3.63) is 0 Å². The summed E-state index contributed by atoms with van der Waals surface area (Å²) in [6.07, 6.45) is -3.46. The highest BCUT2D eigenvalue weighted by Crippen LogP contribution is 2.49. The average Bonchev–Trinajstić information content (AvgIpc) is 1.62. The molecule has 0 heterocycles. The van der Waals surface area contributed by atoms with Crippen LogP contribution in [0.3, 0.4) is 0 Å². The molecular weight excluding hydrogens is 352 g/mol. The average molecular weight is 353 g/mol. The summed E-state index contributed by atoms with van der Waals surface area (Å²) < 4.78 is 41.6. The minimum atomic E-state index is -3.46. The molecule has 0 aliphatic heterocycles. The Balaban J connectivity index is 4.40. The van der Waals surface area contributed by atoms with E-state index >= 15 is 0 Å². The molecule has 0 aromatic rings. The normalized spacial score (nSPS) is 19.2. The van der Waals surface area contributed by atoms with Gasteiger partial charge in [0.15, 0.2) is 0 Å². The van der Waals surface area contributed by atoms with Crippen molar-refractivity contribution in [3.63, 3.8) is 0 Å². The smallest absolute Gasteiger partial charge is 0.219 e. The van der Waals surface area contributed by atoms with Crippen molar-refractivity contribution in [1.82, 2.24) is 0 Å². The van der Waals surface area contributed by atoms with Crippen molar-refractivity contribution in [1.29, 1.82) is 0 Å². The molecular formula is C3HBr3F4. The molecule has 0 bridgehead atoms. The number of rotatable bonds is 2. The first-order valence-electron chi connectivity index (χ1n) is 1.92. The Kier molecular flexibility index (Phi) is 3.64. The Labute approximate surface area is 79.7 Å². The summed E-state index contributed by atoms with van der Waals surface area (Å²) in [6.45, 7) is 0. The molecule has 0 nitrogen and oxygen atoms in total. The van der Waals surface area contributed by atoms with Gasteiger partial charge in [0.2, 0.25) is 0 Å². The molecule has 10 heavy (non-hydrogen) atoms. The topological polar surface area (TPSA) is 0 Å². The van der Waals surface area contributed by atoms with Crippen LogP contribution in [-0.4, -0.2) is 14.5 Å². The quantitative estimate of drug-likeness (QED) is 0.525. The molecule has 0 N–H and O–H groups in total. The Bertz CT molecular complexity index is 117. The molecule has 0 radical (unpaired) electrons. The SMILES string of the molecule is FC(F)C(F)(Br)C(F)(Br)Br. The lowest BCUT2D eigenvalue weighted by Gasteiger charge is -2.23. The highest BCUT2D eigenvalue weighted by molar-refractivity contribution is 9.26. The molecule has 62 valence electrons. The molecule has 0 saturated carbocycles. The van der Waals surface area contributed by atoms with Gasteiger partial charge in [-0.3, -0.25) is 0 Å². The van der Waals surface area contributed by atoms with Gasteiger partial charge in [0.1, 0.15) is 0 Å². The Morgan fingerprint density at radius 2 is 1.30 bits per heavy atom. The fourth-order valence-electron chi connectivity index (χ4n) is 0.124. The van der Waals surface area contributed by atoms with Crippen molar-refractivity contribution >= 4 is 47.8 Å². The third-order valence-electron chi connectivity index (χ3n) is 0.652. The van der Waals surface area contributed by atoms with Gasteiger partial charge in [-0.05, 0) is 47.8 Å². The van der Waals surface area contributed by atoms with Crippen molar-refractivity contribution < 1.29 is 17.6 Å². The maximum absolute atomic E-state index is 12.4. The van der Waals surface area contributed by atoms with Crippen molar-refractivity contribution in [2.45, 2.75) is 14.5 Å². The molecule has 0 spiro atoms. The van der Waals surface area contributed by atoms with Gasteiger partial charge in [-0.15, -0.1) is 0 Å². The van der Waals surface area contributed by atoms with Crippen LogP contribution in [0.4, 0.5) is 17.6 Å². The summed E-state index contributed by atoms with van der Waals surface area (Å²) in [5.74, 6) is 0. The van der Waals surface area contributed by atoms with Crippen LogP contribution < -0.4 is 0 Å². The zero-order chi connectivity index (χ0) is 8.58. The van der Waals surface area contributed by atoms with Crippen LogP contribution in [0.5, 0.6) is 0 Å². The van der Waals surface area contributed by atoms with Crippen LogP contribution in [0.2, 0.25) is 0 Å². The molecule has 0 rings (SSSR count). The van der Waals surface area contributed by atoms with Crippen LogP contribution in [-0.2, 0) is 0 Å². The molecule has 0 aliphatic carbocycles. The van der Waals surface area contributed by atoms with Gasteiger partial charge in [0, 0.05) is 0 Å². The van der Waals surface area contributed by atoms with E-state index in [-0.39, 0.29) is 0 Å². The molecule has 0 aromatic carbocycles. The lowest BCUT2D eigenvalue weighted by Crippen LogP contribution is -2.38. The predicted octanol–water partition coefficient (Wildman–Crippen LogP) is 3.73. The van der Waals surface area contributed by atoms with Gasteiger partial charge in [0.05, 0.1) is 0 Å². The first-order chi connectivity index (χ1) is 4.19. The number of hydrogen-bond acceptors (Lipinski definition) is 0. The second-order valence-electron chi connectivity index (χ2n) is 1.42. The van der Waals surface area contributed by atoms with E-state index in [9.17, 15) is 17.6 Å². The molecule has 7 heteroatoms. The van der Waals surface area contributed by atoms with Gasteiger partial charge in [-0.1, -0.05) is 0 Å². The van der Waals surface area contributed by atoms with Crippen LogP contribution in [0, 0.1) is 0 Å². The molecule has 0 aromatic heterocycles. The summed E-state index contributed by atoms with van der Waals surface area (Å²) in [7, 11) is 0. The maximum Gasteiger partial charge on any atom is 0.287 e. The van der Waals surface area contributed by atoms with Crippen LogP contribution in [0.1, 0.15) is 0 Å². The summed E-state index contributed by atoms with van der Waals surface area (Å²) >= 11 is 5.98. The zero-order valence-electron chi connectivity index (χ0n) is 4.22. The van der Waals surface area contributed by atoms with Crippen molar-refractivity contribution in [3.8, 4) is 0 Å². The second-order valence-corrected chi connectivity index (χ2v) is 5.83. The second kappa shape index (κ2) is 3.26. The van der Waals surface area contributed by atoms with E-state index in [4.69, 9.17) is 0 Å². The van der Waals surface area contributed by atoms with E-state index in [1.165, 1.54) is 0 Å². The van der Waals surface area contributed by atoms with E-state index in [1.54, 1.807) is 0 Å². The predicted molar refractivity (Wildman–Crippen MR) is 40.5 cm³/mol. The third-order valence-corrected chi connectivity index (χ3v) is 3.76. The standard InChI is InChI=1S/C3HBr3F4/c4-2(9,1(7)8)3(5,6)10/h1H. The van der Waals surface area contributed by atoms with Crippen molar-refractivity contribution in [2.75, 3.05) is 0 Å². The molecule has 0 aliphatic rings. The number of alkyl halides is 7. The largest absolute Gasteiger partial charge is 0.287 e. The van der Waals surface area contributed by atoms with E-state index in [0.717, 1.165) is 0 Å². The number of hydrogen-bond donors (Lipinski definition) is 0. The van der Waals surface area contributed by atoms with Gasteiger partial charge >= 0.3 is 0 Å². The maximum atomic E-state index is 12.4. The Hall–Kier alpha value is 1.16. The summed E-state index contributed by atoms with van der Waals surface area (Å²) in [4.78, 5) is 0.